The highest BCUT2D eigenvalue weighted by molar-refractivity contribution is 9.10. The van der Waals surface area contributed by atoms with Gasteiger partial charge in [-0.15, -0.1) is 0 Å². The molecule has 5 nitrogen and oxygen atoms in total. The Balaban J connectivity index is 1.79. The molecular formula is C15H22BrN3O2. The van der Waals surface area contributed by atoms with Crippen LogP contribution in [0.4, 0.5) is 0 Å². The van der Waals surface area contributed by atoms with Crippen LogP contribution in [0.15, 0.2) is 16.9 Å². The number of esters is 1. The lowest BCUT2D eigenvalue weighted by atomic mass is 9.78. The van der Waals surface area contributed by atoms with Crippen molar-refractivity contribution in [2.24, 2.45) is 0 Å². The molecule has 3 rings (SSSR count). The molecule has 116 valence electrons. The molecule has 6 heteroatoms. The van der Waals surface area contributed by atoms with Gasteiger partial charge in [0.2, 0.25) is 0 Å². The van der Waals surface area contributed by atoms with E-state index in [1.54, 1.807) is 6.20 Å². The largest absolute Gasteiger partial charge is 0.465 e. The third kappa shape index (κ3) is 3.31. The normalized spacial score (nSPS) is 29.3. The number of ether oxygens (including phenoxy) is 1. The van der Waals surface area contributed by atoms with Crippen molar-refractivity contribution in [1.82, 2.24) is 15.1 Å². The minimum Gasteiger partial charge on any atom is -0.465 e. The Bertz CT molecular complexity index is 515. The molecule has 0 aromatic carbocycles. The van der Waals surface area contributed by atoms with Gasteiger partial charge in [0.05, 0.1) is 23.3 Å². The van der Waals surface area contributed by atoms with Crippen LogP contribution in [-0.2, 0) is 9.53 Å². The van der Waals surface area contributed by atoms with E-state index in [9.17, 15) is 4.79 Å². The average molecular weight is 356 g/mol. The summed E-state index contributed by atoms with van der Waals surface area (Å²) in [4.78, 5) is 12.5. The summed E-state index contributed by atoms with van der Waals surface area (Å²) in [5, 5.41) is 7.97. The summed E-state index contributed by atoms with van der Waals surface area (Å²) < 4.78 is 8.32. The van der Waals surface area contributed by atoms with Crippen LogP contribution in [0.2, 0.25) is 0 Å². The van der Waals surface area contributed by atoms with Crippen molar-refractivity contribution in [3.8, 4) is 0 Å². The summed E-state index contributed by atoms with van der Waals surface area (Å²) >= 11 is 3.44. The summed E-state index contributed by atoms with van der Waals surface area (Å²) in [6.45, 7) is 2.30. The third-order valence-electron chi connectivity index (χ3n) is 4.39. The number of carbonyl (C=O) groups is 1. The average Bonchev–Trinajstić information content (AvgIpc) is 3.17. The fraction of sp³-hybridized carbons (Fsp3) is 0.733. The van der Waals surface area contributed by atoms with Crippen LogP contribution in [0.5, 0.6) is 0 Å². The molecule has 0 aliphatic heterocycles. The van der Waals surface area contributed by atoms with E-state index in [4.69, 9.17) is 4.74 Å². The van der Waals surface area contributed by atoms with Crippen LogP contribution in [0.25, 0.3) is 0 Å². The van der Waals surface area contributed by atoms with E-state index < -0.39 is 5.54 Å². The Kier molecular flexibility index (Phi) is 4.36. The van der Waals surface area contributed by atoms with Crippen molar-refractivity contribution in [3.63, 3.8) is 0 Å². The highest BCUT2D eigenvalue weighted by atomic mass is 79.9. The zero-order chi connectivity index (χ0) is 14.9. The van der Waals surface area contributed by atoms with Gasteiger partial charge < -0.3 is 4.74 Å². The van der Waals surface area contributed by atoms with Gasteiger partial charge in [-0.1, -0.05) is 0 Å². The second-order valence-electron chi connectivity index (χ2n) is 6.11. The summed E-state index contributed by atoms with van der Waals surface area (Å²) in [7, 11) is 0. The van der Waals surface area contributed by atoms with E-state index in [0.717, 1.165) is 30.2 Å². The monoisotopic (exact) mass is 355 g/mol. The number of carbonyl (C=O) groups excluding carboxylic acids is 1. The molecule has 21 heavy (non-hydrogen) atoms. The zero-order valence-corrected chi connectivity index (χ0v) is 13.9. The Morgan fingerprint density at radius 2 is 2.38 bits per heavy atom. The maximum Gasteiger partial charge on any atom is 0.326 e. The van der Waals surface area contributed by atoms with Crippen molar-refractivity contribution < 1.29 is 9.53 Å². The molecule has 2 fully saturated rings. The fourth-order valence-electron chi connectivity index (χ4n) is 3.25. The molecule has 0 amide bonds. The predicted molar refractivity (Wildman–Crippen MR) is 83.0 cm³/mol. The molecule has 0 spiro atoms. The fourth-order valence-corrected chi connectivity index (χ4v) is 3.55. The number of rotatable bonds is 5. The SMILES string of the molecule is CCOC(=O)C1(NC2CC2)CCCC(n2cc(Br)cn2)C1. The second kappa shape index (κ2) is 6.08. The van der Waals surface area contributed by atoms with E-state index in [1.165, 1.54) is 12.8 Å². The molecule has 2 aliphatic rings. The third-order valence-corrected chi connectivity index (χ3v) is 4.80. The summed E-state index contributed by atoms with van der Waals surface area (Å²) in [6.07, 6.45) is 9.82. The summed E-state index contributed by atoms with van der Waals surface area (Å²) in [6, 6.07) is 0.734. The Morgan fingerprint density at radius 1 is 1.57 bits per heavy atom. The minimum absolute atomic E-state index is 0.0900. The molecule has 0 saturated heterocycles. The molecule has 0 radical (unpaired) electrons. The van der Waals surface area contributed by atoms with Crippen molar-refractivity contribution >= 4 is 21.9 Å². The number of halogens is 1. The molecule has 2 aliphatic carbocycles. The van der Waals surface area contributed by atoms with Gasteiger partial charge in [-0.25, -0.2) is 0 Å². The van der Waals surface area contributed by atoms with Gasteiger partial charge in [-0.05, 0) is 61.4 Å². The molecular weight excluding hydrogens is 334 g/mol. The van der Waals surface area contributed by atoms with Gasteiger partial charge in [-0.3, -0.25) is 14.8 Å². The molecule has 2 saturated carbocycles. The maximum atomic E-state index is 12.5. The van der Waals surface area contributed by atoms with Gasteiger partial charge in [0, 0.05) is 12.2 Å². The minimum atomic E-state index is -0.529. The molecule has 1 aromatic heterocycles. The van der Waals surface area contributed by atoms with Gasteiger partial charge in [0.15, 0.2) is 0 Å². The molecule has 1 N–H and O–H groups in total. The topological polar surface area (TPSA) is 56.1 Å². The van der Waals surface area contributed by atoms with Gasteiger partial charge >= 0.3 is 5.97 Å². The first-order valence-corrected chi connectivity index (χ1v) is 8.57. The van der Waals surface area contributed by atoms with Crippen molar-refractivity contribution in [1.29, 1.82) is 0 Å². The lowest BCUT2D eigenvalue weighted by Gasteiger charge is -2.39. The van der Waals surface area contributed by atoms with Crippen molar-refractivity contribution in [2.45, 2.75) is 63.1 Å². The molecule has 2 unspecified atom stereocenters. The van der Waals surface area contributed by atoms with Crippen LogP contribution >= 0.6 is 15.9 Å². The number of aromatic nitrogens is 2. The number of hydrogen-bond donors (Lipinski definition) is 1. The first kappa shape index (κ1) is 15.0. The molecule has 1 aromatic rings. The van der Waals surface area contributed by atoms with Crippen molar-refractivity contribution in [2.75, 3.05) is 6.61 Å². The van der Waals surface area contributed by atoms with E-state index >= 15 is 0 Å². The van der Waals surface area contributed by atoms with Crippen LogP contribution in [0.3, 0.4) is 0 Å². The number of hydrogen-bond acceptors (Lipinski definition) is 4. The highest BCUT2D eigenvalue weighted by Crippen LogP contribution is 2.38. The van der Waals surface area contributed by atoms with Crippen LogP contribution in [0, 0.1) is 0 Å². The molecule has 0 bridgehead atoms. The summed E-state index contributed by atoms with van der Waals surface area (Å²) in [5.41, 5.74) is -0.529. The van der Waals surface area contributed by atoms with Crippen LogP contribution in [-0.4, -0.2) is 33.9 Å². The smallest absolute Gasteiger partial charge is 0.326 e. The Morgan fingerprint density at radius 3 is 3.00 bits per heavy atom. The highest BCUT2D eigenvalue weighted by Gasteiger charge is 2.47. The van der Waals surface area contributed by atoms with Gasteiger partial charge in [-0.2, -0.15) is 5.10 Å². The second-order valence-corrected chi connectivity index (χ2v) is 7.03. The van der Waals surface area contributed by atoms with Crippen molar-refractivity contribution in [3.05, 3.63) is 16.9 Å². The van der Waals surface area contributed by atoms with E-state index in [-0.39, 0.29) is 12.0 Å². The quantitative estimate of drug-likeness (QED) is 0.825. The maximum absolute atomic E-state index is 12.5. The Hall–Kier alpha value is -0.880. The van der Waals surface area contributed by atoms with Crippen LogP contribution < -0.4 is 5.32 Å². The lowest BCUT2D eigenvalue weighted by molar-refractivity contribution is -0.153. The van der Waals surface area contributed by atoms with E-state index in [1.807, 2.05) is 17.8 Å². The van der Waals surface area contributed by atoms with Gasteiger partial charge in [0.1, 0.15) is 5.54 Å². The predicted octanol–water partition coefficient (Wildman–Crippen LogP) is 2.81. The van der Waals surface area contributed by atoms with Gasteiger partial charge in [0.25, 0.3) is 0 Å². The molecule has 2 atom stereocenters. The lowest BCUT2D eigenvalue weighted by Crippen LogP contribution is -2.56. The number of nitrogens with zero attached hydrogens (tertiary/aromatic N) is 2. The first-order chi connectivity index (χ1) is 10.1. The summed E-state index contributed by atoms with van der Waals surface area (Å²) in [5.74, 6) is -0.0900. The van der Waals surface area contributed by atoms with Crippen LogP contribution in [0.1, 0.15) is 51.5 Å². The zero-order valence-electron chi connectivity index (χ0n) is 12.3. The number of nitrogens with one attached hydrogen (secondary N) is 1. The standard InChI is InChI=1S/C15H22BrN3O2/c1-2-21-14(20)15(18-12-5-6-12)7-3-4-13(8-15)19-10-11(16)9-17-19/h9-10,12-13,18H,2-8H2,1H3. The van der Waals surface area contributed by atoms with E-state index in [2.05, 4.69) is 26.3 Å². The Labute approximate surface area is 133 Å². The molecule has 1 heterocycles. The van der Waals surface area contributed by atoms with E-state index in [0.29, 0.717) is 12.6 Å². The first-order valence-electron chi connectivity index (χ1n) is 7.77.